The fourth-order valence-corrected chi connectivity index (χ4v) is 1.17. The molecule has 0 N–H and O–H groups in total. The third-order valence-corrected chi connectivity index (χ3v) is 1.87. The summed E-state index contributed by atoms with van der Waals surface area (Å²) >= 11 is 0. The van der Waals surface area contributed by atoms with Crippen LogP contribution >= 0.6 is 0 Å². The zero-order chi connectivity index (χ0) is 10.2. The van der Waals surface area contributed by atoms with Crippen LogP contribution in [0.25, 0.3) is 10.8 Å². The topological polar surface area (TPSA) is 25.8 Å². The average molecular weight is 198 g/mol. The molecule has 0 radical (unpaired) electrons. The molecular weight excluding hydrogens is 193 g/mol. The Morgan fingerprint density at radius 3 is 2.21 bits per heavy atom. The van der Waals surface area contributed by atoms with E-state index in [0.29, 0.717) is 10.8 Å². The largest absolute Gasteiger partial charge is 0.416 e. The normalized spacial score (nSPS) is 11.9. The molecule has 72 valence electrons. The molecule has 1 aromatic heterocycles. The van der Waals surface area contributed by atoms with E-state index in [2.05, 4.69) is 10.2 Å². The lowest BCUT2D eigenvalue weighted by Gasteiger charge is -2.06. The van der Waals surface area contributed by atoms with Gasteiger partial charge in [0, 0.05) is 10.8 Å². The minimum atomic E-state index is -4.31. The van der Waals surface area contributed by atoms with Crippen molar-refractivity contribution >= 4 is 10.8 Å². The van der Waals surface area contributed by atoms with Gasteiger partial charge in [0.15, 0.2) is 0 Å². The van der Waals surface area contributed by atoms with Gasteiger partial charge < -0.3 is 0 Å². The van der Waals surface area contributed by atoms with Crippen LogP contribution in [0.1, 0.15) is 5.56 Å². The molecular formula is C9H5F3N2. The van der Waals surface area contributed by atoms with Gasteiger partial charge in [-0.05, 0) is 12.1 Å². The second-order valence-corrected chi connectivity index (χ2v) is 2.83. The Kier molecular flexibility index (Phi) is 1.87. The highest BCUT2D eigenvalue weighted by Gasteiger charge is 2.30. The summed E-state index contributed by atoms with van der Waals surface area (Å²) in [5, 5.41) is 8.18. The molecule has 0 saturated heterocycles. The molecule has 0 aliphatic carbocycles. The highest BCUT2D eigenvalue weighted by Crippen LogP contribution is 2.30. The van der Waals surface area contributed by atoms with E-state index in [-0.39, 0.29) is 0 Å². The Morgan fingerprint density at radius 1 is 0.929 bits per heavy atom. The molecule has 0 bridgehead atoms. The van der Waals surface area contributed by atoms with E-state index in [9.17, 15) is 13.2 Å². The second-order valence-electron chi connectivity index (χ2n) is 2.83. The van der Waals surface area contributed by atoms with Gasteiger partial charge in [0.1, 0.15) is 0 Å². The Balaban J connectivity index is 2.63. The van der Waals surface area contributed by atoms with Crippen molar-refractivity contribution in [3.8, 4) is 0 Å². The zero-order valence-corrected chi connectivity index (χ0v) is 6.92. The molecule has 0 spiro atoms. The van der Waals surface area contributed by atoms with Crippen LogP contribution in [0.4, 0.5) is 13.2 Å². The standard InChI is InChI=1S/C9H5F3N2/c10-9(11,12)8-2-1-6-4-13-14-5-7(6)3-8/h1-5H. The van der Waals surface area contributed by atoms with Crippen molar-refractivity contribution < 1.29 is 13.2 Å². The number of hydrogen-bond donors (Lipinski definition) is 0. The summed E-state index contributed by atoms with van der Waals surface area (Å²) in [4.78, 5) is 0. The van der Waals surface area contributed by atoms with Crippen molar-refractivity contribution in [3.63, 3.8) is 0 Å². The van der Waals surface area contributed by atoms with Crippen molar-refractivity contribution in [2.45, 2.75) is 6.18 Å². The summed E-state index contributed by atoms with van der Waals surface area (Å²) < 4.78 is 36.8. The Labute approximate surface area is 77.4 Å². The van der Waals surface area contributed by atoms with Gasteiger partial charge in [-0.15, -0.1) is 0 Å². The Hall–Kier alpha value is -1.65. The lowest BCUT2D eigenvalue weighted by atomic mass is 10.1. The molecule has 0 atom stereocenters. The SMILES string of the molecule is FC(F)(F)c1ccc2cnncc2c1. The summed E-state index contributed by atoms with van der Waals surface area (Å²) in [7, 11) is 0. The summed E-state index contributed by atoms with van der Waals surface area (Å²) in [6.07, 6.45) is -1.57. The zero-order valence-electron chi connectivity index (χ0n) is 6.92. The number of nitrogens with zero attached hydrogens (tertiary/aromatic N) is 2. The van der Waals surface area contributed by atoms with Crippen LogP contribution in [0, 0.1) is 0 Å². The van der Waals surface area contributed by atoms with Crippen LogP contribution in [0.3, 0.4) is 0 Å². The predicted octanol–water partition coefficient (Wildman–Crippen LogP) is 2.65. The molecule has 0 aliphatic rings. The summed E-state index contributed by atoms with van der Waals surface area (Å²) in [5.41, 5.74) is -0.669. The first-order valence-electron chi connectivity index (χ1n) is 3.85. The van der Waals surface area contributed by atoms with E-state index in [0.717, 1.165) is 12.1 Å². The Morgan fingerprint density at radius 2 is 1.57 bits per heavy atom. The van der Waals surface area contributed by atoms with Crippen LogP contribution in [-0.4, -0.2) is 10.2 Å². The van der Waals surface area contributed by atoms with Crippen molar-refractivity contribution in [1.29, 1.82) is 0 Å². The van der Waals surface area contributed by atoms with Gasteiger partial charge in [-0.1, -0.05) is 6.07 Å². The molecule has 5 heteroatoms. The first kappa shape index (κ1) is 8.93. The summed E-state index contributed by atoms with van der Waals surface area (Å²) in [6, 6.07) is 3.47. The van der Waals surface area contributed by atoms with Crippen LogP contribution < -0.4 is 0 Å². The quantitative estimate of drug-likeness (QED) is 0.650. The monoisotopic (exact) mass is 198 g/mol. The maximum atomic E-state index is 12.3. The molecule has 0 unspecified atom stereocenters. The first-order valence-corrected chi connectivity index (χ1v) is 3.85. The van der Waals surface area contributed by atoms with Gasteiger partial charge >= 0.3 is 6.18 Å². The fourth-order valence-electron chi connectivity index (χ4n) is 1.17. The van der Waals surface area contributed by atoms with E-state index in [1.807, 2.05) is 0 Å². The molecule has 0 aliphatic heterocycles. The van der Waals surface area contributed by atoms with E-state index in [1.54, 1.807) is 0 Å². The number of alkyl halides is 3. The van der Waals surface area contributed by atoms with Gasteiger partial charge in [0.25, 0.3) is 0 Å². The van der Waals surface area contributed by atoms with Crippen LogP contribution in [0.2, 0.25) is 0 Å². The van der Waals surface area contributed by atoms with Crippen LogP contribution in [-0.2, 0) is 6.18 Å². The molecule has 2 nitrogen and oxygen atoms in total. The van der Waals surface area contributed by atoms with Gasteiger partial charge in [0.2, 0.25) is 0 Å². The summed E-state index contributed by atoms with van der Waals surface area (Å²) in [5.74, 6) is 0. The molecule has 0 fully saturated rings. The van der Waals surface area contributed by atoms with E-state index in [4.69, 9.17) is 0 Å². The van der Waals surface area contributed by atoms with Crippen molar-refractivity contribution in [2.75, 3.05) is 0 Å². The lowest BCUT2D eigenvalue weighted by Crippen LogP contribution is -2.04. The van der Waals surface area contributed by atoms with Gasteiger partial charge in [-0.3, -0.25) is 0 Å². The molecule has 0 amide bonds. The average Bonchev–Trinajstić information content (AvgIpc) is 2.16. The number of rotatable bonds is 0. The van der Waals surface area contributed by atoms with E-state index >= 15 is 0 Å². The highest BCUT2D eigenvalue weighted by atomic mass is 19.4. The van der Waals surface area contributed by atoms with Crippen LogP contribution in [0.15, 0.2) is 30.6 Å². The number of benzene rings is 1. The van der Waals surface area contributed by atoms with Crippen molar-refractivity contribution in [3.05, 3.63) is 36.2 Å². The minimum Gasteiger partial charge on any atom is -0.166 e. The number of fused-ring (bicyclic) bond motifs is 1. The first-order chi connectivity index (χ1) is 6.57. The number of aromatic nitrogens is 2. The Bertz CT molecular complexity index is 465. The minimum absolute atomic E-state index is 0.440. The predicted molar refractivity (Wildman–Crippen MR) is 44.5 cm³/mol. The smallest absolute Gasteiger partial charge is 0.166 e. The molecule has 1 aromatic carbocycles. The van der Waals surface area contributed by atoms with E-state index in [1.165, 1.54) is 18.5 Å². The maximum absolute atomic E-state index is 12.3. The van der Waals surface area contributed by atoms with E-state index < -0.39 is 11.7 Å². The maximum Gasteiger partial charge on any atom is 0.416 e. The summed E-state index contributed by atoms with van der Waals surface area (Å²) in [6.45, 7) is 0. The van der Waals surface area contributed by atoms with Gasteiger partial charge in [-0.25, -0.2) is 0 Å². The van der Waals surface area contributed by atoms with Crippen molar-refractivity contribution in [1.82, 2.24) is 10.2 Å². The van der Waals surface area contributed by atoms with Crippen LogP contribution in [0.5, 0.6) is 0 Å². The molecule has 2 rings (SSSR count). The highest BCUT2D eigenvalue weighted by molar-refractivity contribution is 5.81. The van der Waals surface area contributed by atoms with Gasteiger partial charge in [0.05, 0.1) is 18.0 Å². The second kappa shape index (κ2) is 2.94. The fraction of sp³-hybridized carbons (Fsp3) is 0.111. The molecule has 0 saturated carbocycles. The van der Waals surface area contributed by atoms with Gasteiger partial charge in [-0.2, -0.15) is 23.4 Å². The molecule has 1 heterocycles. The number of hydrogen-bond acceptors (Lipinski definition) is 2. The molecule has 14 heavy (non-hydrogen) atoms. The third-order valence-electron chi connectivity index (χ3n) is 1.87. The van der Waals surface area contributed by atoms with Crippen molar-refractivity contribution in [2.24, 2.45) is 0 Å². The third kappa shape index (κ3) is 1.53. The lowest BCUT2D eigenvalue weighted by molar-refractivity contribution is -0.137. The number of halogens is 3. The molecule has 2 aromatic rings.